The summed E-state index contributed by atoms with van der Waals surface area (Å²) in [5, 5.41) is 2.88. The molecule has 1 unspecified atom stereocenters. The van der Waals surface area contributed by atoms with Crippen LogP contribution in [0.1, 0.15) is 78.6 Å². The molecule has 0 aliphatic carbocycles. The molecule has 1 heterocycles. The van der Waals surface area contributed by atoms with Gasteiger partial charge in [0, 0.05) is 24.7 Å². The highest BCUT2D eigenvalue weighted by molar-refractivity contribution is 7.90. The zero-order valence-corrected chi connectivity index (χ0v) is 20.7. The first-order valence-electron chi connectivity index (χ1n) is 12.1. The first-order chi connectivity index (χ1) is 15.4. The van der Waals surface area contributed by atoms with Crippen molar-refractivity contribution in [3.8, 4) is 0 Å². The van der Waals surface area contributed by atoms with Crippen LogP contribution in [0.5, 0.6) is 0 Å². The summed E-state index contributed by atoms with van der Waals surface area (Å²) in [7, 11) is -3.74. The highest BCUT2D eigenvalue weighted by atomic mass is 32.2. The summed E-state index contributed by atoms with van der Waals surface area (Å²) in [5.41, 5.74) is 0.484. The van der Waals surface area contributed by atoms with Crippen LogP contribution in [0.3, 0.4) is 0 Å². The molecule has 0 fully saturated rings. The van der Waals surface area contributed by atoms with Crippen molar-refractivity contribution in [2.24, 2.45) is 4.99 Å². The van der Waals surface area contributed by atoms with Gasteiger partial charge < -0.3 is 5.32 Å². The molecule has 1 aliphatic rings. The van der Waals surface area contributed by atoms with Gasteiger partial charge in [-0.05, 0) is 57.4 Å². The lowest BCUT2D eigenvalue weighted by Gasteiger charge is -2.28. The number of sulfonamides is 1. The van der Waals surface area contributed by atoms with E-state index in [0.29, 0.717) is 37.1 Å². The molecule has 180 valence electrons. The topological polar surface area (TPSA) is 90.9 Å². The molecular formula is C24H40N4O3S. The van der Waals surface area contributed by atoms with Crippen LogP contribution >= 0.6 is 0 Å². The number of amidine groups is 1. The maximum atomic E-state index is 12.8. The Labute approximate surface area is 194 Å². The Morgan fingerprint density at radius 2 is 1.97 bits per heavy atom. The summed E-state index contributed by atoms with van der Waals surface area (Å²) in [6.07, 6.45) is 9.10. The molecule has 1 aliphatic heterocycles. The summed E-state index contributed by atoms with van der Waals surface area (Å²) in [4.78, 5) is 19.4. The number of amides is 1. The van der Waals surface area contributed by atoms with Crippen LogP contribution in [-0.2, 0) is 14.8 Å². The summed E-state index contributed by atoms with van der Waals surface area (Å²) in [5.74, 6) is 0.393. The van der Waals surface area contributed by atoms with Gasteiger partial charge in [0.1, 0.15) is 5.84 Å². The molecule has 2 N–H and O–H groups in total. The van der Waals surface area contributed by atoms with Crippen LogP contribution in [0, 0.1) is 0 Å². The summed E-state index contributed by atoms with van der Waals surface area (Å²) >= 11 is 0. The maximum absolute atomic E-state index is 12.8. The quantitative estimate of drug-likeness (QED) is 0.444. The van der Waals surface area contributed by atoms with E-state index >= 15 is 0 Å². The fourth-order valence-electron chi connectivity index (χ4n) is 3.92. The van der Waals surface area contributed by atoms with Gasteiger partial charge in [-0.2, -0.15) is 0 Å². The molecule has 32 heavy (non-hydrogen) atoms. The molecule has 1 aromatic carbocycles. The van der Waals surface area contributed by atoms with Crippen molar-refractivity contribution >= 4 is 27.5 Å². The number of rotatable bonds is 12. The fraction of sp³-hybridized carbons (Fsp3) is 0.667. The summed E-state index contributed by atoms with van der Waals surface area (Å²) < 4.78 is 28.3. The number of unbranched alkanes of at least 4 members (excludes halogenated alkanes) is 2. The average Bonchev–Trinajstić information content (AvgIpc) is 3.01. The van der Waals surface area contributed by atoms with Crippen LogP contribution in [0.2, 0.25) is 0 Å². The van der Waals surface area contributed by atoms with Crippen molar-refractivity contribution < 1.29 is 13.2 Å². The lowest BCUT2D eigenvalue weighted by atomic mass is 10.1. The number of anilines is 1. The van der Waals surface area contributed by atoms with Crippen LogP contribution in [0.25, 0.3) is 0 Å². The van der Waals surface area contributed by atoms with Gasteiger partial charge >= 0.3 is 0 Å². The standard InChI is InChI=1S/C24H40N4O3S/c1-4-6-10-17-28(20(3)12-5-2)19-24(29)26-21-13-11-14-22(18-21)32(30,31)27-23-15-8-7-9-16-25-23/h11,13-14,18,20H,4-10,12,15-17,19H2,1-3H3,(H,25,27)(H,26,29). The molecule has 0 saturated carbocycles. The monoisotopic (exact) mass is 464 g/mol. The third kappa shape index (κ3) is 8.90. The van der Waals surface area contributed by atoms with E-state index in [1.807, 2.05) is 0 Å². The third-order valence-corrected chi connectivity index (χ3v) is 7.16. The van der Waals surface area contributed by atoms with Crippen molar-refractivity contribution in [1.29, 1.82) is 0 Å². The number of nitrogens with one attached hydrogen (secondary N) is 2. The smallest absolute Gasteiger partial charge is 0.262 e. The van der Waals surface area contributed by atoms with E-state index in [1.54, 1.807) is 12.1 Å². The Morgan fingerprint density at radius 1 is 1.16 bits per heavy atom. The predicted molar refractivity (Wildman–Crippen MR) is 132 cm³/mol. The molecular weight excluding hydrogens is 424 g/mol. The largest absolute Gasteiger partial charge is 0.325 e. The number of carbonyl (C=O) groups excluding carboxylic acids is 1. The van der Waals surface area contributed by atoms with Crippen molar-refractivity contribution in [3.63, 3.8) is 0 Å². The Balaban J connectivity index is 2.03. The molecule has 0 aromatic heterocycles. The van der Waals surface area contributed by atoms with Gasteiger partial charge in [0.05, 0.1) is 11.4 Å². The lowest BCUT2D eigenvalue weighted by Crippen LogP contribution is -2.40. The Bertz CT molecular complexity index is 855. The molecule has 7 nitrogen and oxygen atoms in total. The normalized spacial score (nSPS) is 15.7. The fourth-order valence-corrected chi connectivity index (χ4v) is 5.05. The Kier molecular flexibility index (Phi) is 11.2. The van der Waals surface area contributed by atoms with Crippen molar-refractivity contribution in [1.82, 2.24) is 9.62 Å². The van der Waals surface area contributed by atoms with Gasteiger partial charge in [-0.1, -0.05) is 45.6 Å². The molecule has 8 heteroatoms. The third-order valence-electron chi connectivity index (χ3n) is 5.78. The number of carbonyl (C=O) groups is 1. The minimum absolute atomic E-state index is 0.125. The highest BCUT2D eigenvalue weighted by Crippen LogP contribution is 2.17. The zero-order chi connectivity index (χ0) is 23.4. The molecule has 0 spiro atoms. The molecule has 1 amide bonds. The minimum atomic E-state index is -3.74. The van der Waals surface area contributed by atoms with E-state index < -0.39 is 10.0 Å². The number of benzene rings is 1. The highest BCUT2D eigenvalue weighted by Gasteiger charge is 2.19. The maximum Gasteiger partial charge on any atom is 0.262 e. The minimum Gasteiger partial charge on any atom is -0.325 e. The van der Waals surface area contributed by atoms with Crippen LogP contribution in [0.15, 0.2) is 34.2 Å². The lowest BCUT2D eigenvalue weighted by molar-refractivity contribution is -0.117. The van der Waals surface area contributed by atoms with Crippen molar-refractivity contribution in [3.05, 3.63) is 24.3 Å². The predicted octanol–water partition coefficient (Wildman–Crippen LogP) is 4.56. The molecule has 0 saturated heterocycles. The van der Waals surface area contributed by atoms with Gasteiger partial charge in [-0.15, -0.1) is 0 Å². The second kappa shape index (κ2) is 13.6. The van der Waals surface area contributed by atoms with Crippen molar-refractivity contribution in [2.45, 2.75) is 89.5 Å². The molecule has 0 bridgehead atoms. The van der Waals surface area contributed by atoms with Crippen molar-refractivity contribution in [2.75, 3.05) is 25.0 Å². The summed E-state index contributed by atoms with van der Waals surface area (Å²) in [6, 6.07) is 6.75. The summed E-state index contributed by atoms with van der Waals surface area (Å²) in [6.45, 7) is 8.34. The van der Waals surface area contributed by atoms with Gasteiger partial charge in [0.25, 0.3) is 10.0 Å². The first kappa shape index (κ1) is 26.3. The van der Waals surface area contributed by atoms with Gasteiger partial charge in [0.15, 0.2) is 0 Å². The van der Waals surface area contributed by atoms with Gasteiger partial charge in [0.2, 0.25) is 5.91 Å². The number of aliphatic imine (C=N–C) groups is 1. The van der Waals surface area contributed by atoms with E-state index in [2.05, 4.69) is 40.7 Å². The molecule has 2 rings (SSSR count). The van der Waals surface area contributed by atoms with E-state index in [0.717, 1.165) is 57.9 Å². The average molecular weight is 465 g/mol. The SMILES string of the molecule is CCCCCN(CC(=O)Nc1cccc(S(=O)(=O)NC2=NCCCCC2)c1)C(C)CCC. The molecule has 1 aromatic rings. The molecule has 1 atom stereocenters. The number of nitrogens with zero attached hydrogens (tertiary/aromatic N) is 2. The second-order valence-electron chi connectivity index (χ2n) is 8.64. The van der Waals surface area contributed by atoms with Crippen LogP contribution in [0.4, 0.5) is 5.69 Å². The first-order valence-corrected chi connectivity index (χ1v) is 13.5. The number of hydrogen-bond acceptors (Lipinski definition) is 5. The Hall–Kier alpha value is -1.93. The number of hydrogen-bond donors (Lipinski definition) is 2. The van der Waals surface area contributed by atoms with E-state index in [9.17, 15) is 13.2 Å². The van der Waals surface area contributed by atoms with Gasteiger partial charge in [-0.25, -0.2) is 8.42 Å². The van der Waals surface area contributed by atoms with E-state index in [-0.39, 0.29) is 10.8 Å². The second-order valence-corrected chi connectivity index (χ2v) is 10.3. The van der Waals surface area contributed by atoms with Gasteiger partial charge in [-0.3, -0.25) is 19.4 Å². The zero-order valence-electron chi connectivity index (χ0n) is 19.9. The Morgan fingerprint density at radius 3 is 2.72 bits per heavy atom. The molecule has 0 radical (unpaired) electrons. The van der Waals surface area contributed by atoms with E-state index in [4.69, 9.17) is 0 Å². The van der Waals surface area contributed by atoms with Crippen LogP contribution in [-0.4, -0.2) is 50.7 Å². The van der Waals surface area contributed by atoms with Crippen LogP contribution < -0.4 is 10.0 Å². The van der Waals surface area contributed by atoms with E-state index in [1.165, 1.54) is 12.1 Å².